The molecule has 0 aromatic carbocycles. The molecule has 1 saturated carbocycles. The number of aromatic nitrogens is 2. The van der Waals surface area contributed by atoms with Crippen molar-refractivity contribution in [2.75, 3.05) is 26.2 Å². The van der Waals surface area contributed by atoms with Crippen molar-refractivity contribution in [3.8, 4) is 0 Å². The van der Waals surface area contributed by atoms with Gasteiger partial charge < -0.3 is 14.8 Å². The second kappa shape index (κ2) is 12.3. The van der Waals surface area contributed by atoms with Crippen LogP contribution in [0, 0.1) is 5.92 Å². The average Bonchev–Trinajstić information content (AvgIpc) is 3.32. The standard InChI is InChI=1S/C18H30N4.2C2HF3O2/c1-20-13-9-19-17(20)15-21-11-7-18(8-12-21)6-3-10-22(18)14-16-4-2-5-16;2*3-2(4,5)1(6)7/h9,13,16H,2-8,10-12,14-15H2,1H3;2*(H,6,7). The Hall–Kier alpha value is -2.35. The molecular formula is C22H32F6N4O4. The number of likely N-dealkylation sites (tertiary alicyclic amines) is 2. The molecule has 36 heavy (non-hydrogen) atoms. The summed E-state index contributed by atoms with van der Waals surface area (Å²) in [5.74, 6) is -3.30. The lowest BCUT2D eigenvalue weighted by Crippen LogP contribution is -2.53. The topological polar surface area (TPSA) is 98.9 Å². The molecule has 14 heteroatoms. The van der Waals surface area contributed by atoms with Gasteiger partial charge in [-0.3, -0.25) is 9.80 Å². The van der Waals surface area contributed by atoms with Crippen LogP contribution in [0.2, 0.25) is 0 Å². The van der Waals surface area contributed by atoms with Gasteiger partial charge in [0.25, 0.3) is 0 Å². The van der Waals surface area contributed by atoms with Crippen LogP contribution >= 0.6 is 0 Å². The molecule has 4 rings (SSSR count). The van der Waals surface area contributed by atoms with E-state index in [0.717, 1.165) is 12.5 Å². The molecule has 0 unspecified atom stereocenters. The lowest BCUT2D eigenvalue weighted by Gasteiger charge is -2.47. The Morgan fingerprint density at radius 2 is 1.50 bits per heavy atom. The zero-order chi connectivity index (χ0) is 27.1. The van der Waals surface area contributed by atoms with Crippen molar-refractivity contribution in [1.29, 1.82) is 0 Å². The van der Waals surface area contributed by atoms with Gasteiger partial charge >= 0.3 is 24.3 Å². The smallest absolute Gasteiger partial charge is 0.475 e. The summed E-state index contributed by atoms with van der Waals surface area (Å²) in [6.45, 7) is 6.25. The monoisotopic (exact) mass is 530 g/mol. The van der Waals surface area contributed by atoms with Gasteiger partial charge in [0.05, 0.1) is 6.54 Å². The molecule has 3 aliphatic rings. The number of halogens is 6. The fraction of sp³-hybridized carbons (Fsp3) is 0.773. The summed E-state index contributed by atoms with van der Waals surface area (Å²) in [4.78, 5) is 27.8. The molecule has 0 amide bonds. The third-order valence-electron chi connectivity index (χ3n) is 7.00. The van der Waals surface area contributed by atoms with Crippen LogP contribution in [-0.2, 0) is 23.2 Å². The van der Waals surface area contributed by atoms with Crippen LogP contribution in [0.1, 0.15) is 50.8 Å². The molecule has 2 saturated heterocycles. The van der Waals surface area contributed by atoms with E-state index in [2.05, 4.69) is 32.6 Å². The molecule has 1 aromatic heterocycles. The molecule has 3 heterocycles. The van der Waals surface area contributed by atoms with E-state index < -0.39 is 24.3 Å². The number of carboxylic acids is 2. The molecule has 3 fully saturated rings. The number of piperidine rings is 1. The molecule has 8 nitrogen and oxygen atoms in total. The van der Waals surface area contributed by atoms with E-state index >= 15 is 0 Å². The van der Waals surface area contributed by atoms with Gasteiger partial charge in [0.1, 0.15) is 5.82 Å². The van der Waals surface area contributed by atoms with Gasteiger partial charge in [-0.05, 0) is 51.0 Å². The number of carbonyl (C=O) groups is 2. The maximum atomic E-state index is 10.6. The van der Waals surface area contributed by atoms with Crippen LogP contribution in [0.25, 0.3) is 0 Å². The van der Waals surface area contributed by atoms with E-state index in [1.807, 2.05) is 6.20 Å². The number of hydrogen-bond donors (Lipinski definition) is 2. The first-order valence-corrected chi connectivity index (χ1v) is 11.7. The van der Waals surface area contributed by atoms with Crippen molar-refractivity contribution in [3.63, 3.8) is 0 Å². The van der Waals surface area contributed by atoms with E-state index in [1.165, 1.54) is 76.9 Å². The Bertz CT molecular complexity index is 837. The van der Waals surface area contributed by atoms with Gasteiger partial charge in [-0.25, -0.2) is 14.6 Å². The number of imidazole rings is 1. The summed E-state index contributed by atoms with van der Waals surface area (Å²) in [7, 11) is 2.10. The molecule has 0 radical (unpaired) electrons. The number of hydrogen-bond acceptors (Lipinski definition) is 5. The van der Waals surface area contributed by atoms with Crippen LogP contribution in [0.3, 0.4) is 0 Å². The Morgan fingerprint density at radius 1 is 0.972 bits per heavy atom. The number of carboxylic acid groups (broad SMARTS) is 2. The largest absolute Gasteiger partial charge is 0.490 e. The molecule has 2 N–H and O–H groups in total. The fourth-order valence-electron chi connectivity index (χ4n) is 4.71. The zero-order valence-electron chi connectivity index (χ0n) is 20.0. The van der Waals surface area contributed by atoms with E-state index in [1.54, 1.807) is 0 Å². The van der Waals surface area contributed by atoms with Crippen molar-refractivity contribution in [1.82, 2.24) is 19.4 Å². The molecule has 1 aromatic rings. The Kier molecular flexibility index (Phi) is 10.2. The number of nitrogens with zero attached hydrogens (tertiary/aromatic N) is 4. The van der Waals surface area contributed by atoms with E-state index in [-0.39, 0.29) is 0 Å². The van der Waals surface area contributed by atoms with Gasteiger partial charge in [-0.2, -0.15) is 26.3 Å². The minimum atomic E-state index is -5.08. The second-order valence-electron chi connectivity index (χ2n) is 9.41. The SMILES string of the molecule is Cn1ccnc1CN1CCC2(CCCN2CC2CCC2)CC1.O=C(O)C(F)(F)F.O=C(O)C(F)(F)F. The highest BCUT2D eigenvalue weighted by Crippen LogP contribution is 2.41. The van der Waals surface area contributed by atoms with Gasteiger partial charge in [-0.15, -0.1) is 0 Å². The lowest BCUT2D eigenvalue weighted by atomic mass is 9.81. The van der Waals surface area contributed by atoms with Gasteiger partial charge in [0.2, 0.25) is 0 Å². The maximum Gasteiger partial charge on any atom is 0.490 e. The van der Waals surface area contributed by atoms with Crippen molar-refractivity contribution >= 4 is 11.9 Å². The van der Waals surface area contributed by atoms with Crippen LogP contribution in [-0.4, -0.2) is 85.6 Å². The van der Waals surface area contributed by atoms with Crippen molar-refractivity contribution < 1.29 is 46.1 Å². The first-order chi connectivity index (χ1) is 16.6. The Balaban J connectivity index is 0.000000271. The predicted octanol–water partition coefficient (Wildman–Crippen LogP) is 3.92. The molecule has 0 atom stereocenters. The first kappa shape index (κ1) is 29.9. The minimum Gasteiger partial charge on any atom is -0.475 e. The highest BCUT2D eigenvalue weighted by atomic mass is 19.4. The highest BCUT2D eigenvalue weighted by Gasteiger charge is 2.44. The van der Waals surface area contributed by atoms with Gasteiger partial charge in [0, 0.05) is 44.6 Å². The summed E-state index contributed by atoms with van der Waals surface area (Å²) in [5.41, 5.74) is 0.549. The predicted molar refractivity (Wildman–Crippen MR) is 116 cm³/mol. The Morgan fingerprint density at radius 3 is 1.89 bits per heavy atom. The summed E-state index contributed by atoms with van der Waals surface area (Å²) >= 11 is 0. The second-order valence-corrected chi connectivity index (χ2v) is 9.41. The van der Waals surface area contributed by atoms with Crippen molar-refractivity contribution in [2.24, 2.45) is 13.0 Å². The van der Waals surface area contributed by atoms with Crippen molar-refractivity contribution in [3.05, 3.63) is 18.2 Å². The number of aliphatic carboxylic acids is 2. The van der Waals surface area contributed by atoms with Gasteiger partial charge in [0.15, 0.2) is 0 Å². The average molecular weight is 531 g/mol. The van der Waals surface area contributed by atoms with E-state index in [0.29, 0.717) is 5.54 Å². The number of rotatable bonds is 4. The maximum absolute atomic E-state index is 10.6. The van der Waals surface area contributed by atoms with E-state index in [9.17, 15) is 26.3 Å². The highest BCUT2D eigenvalue weighted by molar-refractivity contribution is 5.73. The zero-order valence-corrected chi connectivity index (χ0v) is 20.0. The fourth-order valence-corrected chi connectivity index (χ4v) is 4.71. The minimum absolute atomic E-state index is 0.549. The van der Waals surface area contributed by atoms with Crippen LogP contribution in [0.4, 0.5) is 26.3 Å². The summed E-state index contributed by atoms with van der Waals surface area (Å²) in [6, 6.07) is 0. The number of aryl methyl sites for hydroxylation is 1. The third kappa shape index (κ3) is 8.64. The third-order valence-corrected chi connectivity index (χ3v) is 7.00. The molecule has 206 valence electrons. The van der Waals surface area contributed by atoms with Gasteiger partial charge in [-0.1, -0.05) is 6.42 Å². The molecule has 0 bridgehead atoms. The van der Waals surface area contributed by atoms with Crippen molar-refractivity contribution in [2.45, 2.75) is 69.4 Å². The summed E-state index contributed by atoms with van der Waals surface area (Å²) in [6.07, 6.45) is 3.84. The lowest BCUT2D eigenvalue weighted by molar-refractivity contribution is -0.193. The first-order valence-electron chi connectivity index (χ1n) is 11.7. The summed E-state index contributed by atoms with van der Waals surface area (Å²) < 4.78 is 65.6. The van der Waals surface area contributed by atoms with Crippen LogP contribution in [0.15, 0.2) is 12.4 Å². The Labute approximate surface area is 204 Å². The molecule has 1 spiro atoms. The molecular weight excluding hydrogens is 498 g/mol. The normalized spacial score (nSPS) is 20.6. The van der Waals surface area contributed by atoms with Crippen LogP contribution < -0.4 is 0 Å². The quantitative estimate of drug-likeness (QED) is 0.570. The van der Waals surface area contributed by atoms with Crippen LogP contribution in [0.5, 0.6) is 0 Å². The molecule has 1 aliphatic carbocycles. The molecule has 2 aliphatic heterocycles. The van der Waals surface area contributed by atoms with E-state index in [4.69, 9.17) is 19.8 Å². The summed E-state index contributed by atoms with van der Waals surface area (Å²) in [5, 5.41) is 14.2. The number of alkyl halides is 6.